The van der Waals surface area contributed by atoms with Crippen molar-refractivity contribution in [2.75, 3.05) is 0 Å². The molecule has 0 spiro atoms. The normalized spacial score (nSPS) is 10.2. The third-order valence-corrected chi connectivity index (χ3v) is 2.12. The van der Waals surface area contributed by atoms with Crippen molar-refractivity contribution in [3.63, 3.8) is 0 Å². The summed E-state index contributed by atoms with van der Waals surface area (Å²) in [5.74, 6) is -0.236. The lowest BCUT2D eigenvalue weighted by Gasteiger charge is -2.03. The fourth-order valence-electron chi connectivity index (χ4n) is 0.853. The van der Waals surface area contributed by atoms with Crippen LogP contribution in [0.2, 0.25) is 5.02 Å². The van der Waals surface area contributed by atoms with Crippen molar-refractivity contribution in [1.82, 2.24) is 0 Å². The van der Waals surface area contributed by atoms with Crippen molar-refractivity contribution >= 4 is 23.2 Å². The van der Waals surface area contributed by atoms with Gasteiger partial charge < -0.3 is 0 Å². The highest BCUT2D eigenvalue weighted by atomic mass is 35.5. The molecule has 11 heavy (non-hydrogen) atoms. The first-order valence-electron chi connectivity index (χ1n) is 3.16. The highest BCUT2D eigenvalue weighted by Crippen LogP contribution is 2.22. The number of hydrogen-bond acceptors (Lipinski definition) is 0. The van der Waals surface area contributed by atoms with Crippen LogP contribution in [0, 0.1) is 12.7 Å². The molecular weight excluding hydrogens is 186 g/mol. The molecule has 0 saturated carbocycles. The molecular formula is C8H7Cl2F. The molecule has 0 nitrogen and oxygen atoms in total. The smallest absolute Gasteiger partial charge is 0.146 e. The zero-order valence-corrected chi connectivity index (χ0v) is 7.51. The number of hydrogen-bond donors (Lipinski definition) is 0. The zero-order valence-electron chi connectivity index (χ0n) is 6.00. The van der Waals surface area contributed by atoms with E-state index >= 15 is 0 Å². The van der Waals surface area contributed by atoms with Gasteiger partial charge in [0.05, 0.1) is 10.9 Å². The fraction of sp³-hybridized carbons (Fsp3) is 0.250. The van der Waals surface area contributed by atoms with E-state index in [4.69, 9.17) is 23.2 Å². The molecule has 1 aromatic carbocycles. The third kappa shape index (κ3) is 1.66. The van der Waals surface area contributed by atoms with Gasteiger partial charge in [-0.3, -0.25) is 0 Å². The van der Waals surface area contributed by atoms with Gasteiger partial charge in [-0.05, 0) is 18.6 Å². The number of halogens is 3. The van der Waals surface area contributed by atoms with E-state index in [0.717, 1.165) is 5.56 Å². The molecule has 1 aromatic rings. The molecule has 0 saturated heterocycles. The first-order valence-corrected chi connectivity index (χ1v) is 4.07. The van der Waals surface area contributed by atoms with Gasteiger partial charge in [-0.1, -0.05) is 17.7 Å². The van der Waals surface area contributed by atoms with Crippen molar-refractivity contribution in [2.45, 2.75) is 12.8 Å². The Morgan fingerprint density at radius 1 is 1.45 bits per heavy atom. The van der Waals surface area contributed by atoms with Gasteiger partial charge in [-0.15, -0.1) is 11.6 Å². The maximum atomic E-state index is 13.0. The average Bonchev–Trinajstić information content (AvgIpc) is 1.99. The van der Waals surface area contributed by atoms with Gasteiger partial charge in [-0.25, -0.2) is 4.39 Å². The Kier molecular flexibility index (Phi) is 2.74. The largest absolute Gasteiger partial charge is 0.205 e. The highest BCUT2D eigenvalue weighted by Gasteiger charge is 2.07. The van der Waals surface area contributed by atoms with Gasteiger partial charge in [0.2, 0.25) is 0 Å². The SMILES string of the molecule is Cc1ccc(Cl)c(F)c1CCl. The Morgan fingerprint density at radius 2 is 2.09 bits per heavy atom. The Morgan fingerprint density at radius 3 is 2.55 bits per heavy atom. The molecule has 0 atom stereocenters. The van der Waals surface area contributed by atoms with E-state index in [0.29, 0.717) is 5.56 Å². The number of benzene rings is 1. The summed E-state index contributed by atoms with van der Waals surface area (Å²) in [6.45, 7) is 1.80. The van der Waals surface area contributed by atoms with E-state index in [9.17, 15) is 4.39 Å². The van der Waals surface area contributed by atoms with Crippen molar-refractivity contribution < 1.29 is 4.39 Å². The van der Waals surface area contributed by atoms with E-state index in [-0.39, 0.29) is 10.9 Å². The second-order valence-electron chi connectivity index (χ2n) is 2.29. The summed E-state index contributed by atoms with van der Waals surface area (Å²) in [5, 5.41) is 0.131. The van der Waals surface area contributed by atoms with Gasteiger partial charge in [0.1, 0.15) is 5.82 Å². The monoisotopic (exact) mass is 192 g/mol. The van der Waals surface area contributed by atoms with Gasteiger partial charge in [0, 0.05) is 5.56 Å². The summed E-state index contributed by atoms with van der Waals surface area (Å²) in [4.78, 5) is 0. The highest BCUT2D eigenvalue weighted by molar-refractivity contribution is 6.31. The maximum absolute atomic E-state index is 13.0. The van der Waals surface area contributed by atoms with E-state index < -0.39 is 5.82 Å². The molecule has 0 fully saturated rings. The van der Waals surface area contributed by atoms with Gasteiger partial charge in [-0.2, -0.15) is 0 Å². The summed E-state index contributed by atoms with van der Waals surface area (Å²) < 4.78 is 13.0. The summed E-state index contributed by atoms with van der Waals surface area (Å²) in [7, 11) is 0. The second kappa shape index (κ2) is 3.42. The first-order chi connectivity index (χ1) is 5.16. The molecule has 0 unspecified atom stereocenters. The lowest BCUT2D eigenvalue weighted by molar-refractivity contribution is 0.616. The van der Waals surface area contributed by atoms with E-state index in [2.05, 4.69) is 0 Å². The van der Waals surface area contributed by atoms with E-state index in [1.165, 1.54) is 6.07 Å². The van der Waals surface area contributed by atoms with Crippen LogP contribution in [0.1, 0.15) is 11.1 Å². The molecule has 0 radical (unpaired) electrons. The third-order valence-electron chi connectivity index (χ3n) is 1.56. The lowest BCUT2D eigenvalue weighted by Crippen LogP contribution is -1.91. The molecule has 1 rings (SSSR count). The van der Waals surface area contributed by atoms with E-state index in [1.54, 1.807) is 13.0 Å². The number of alkyl halides is 1. The standard InChI is InChI=1S/C8H7Cl2F/c1-5-2-3-7(10)8(11)6(5)4-9/h2-3H,4H2,1H3. The Labute approximate surface area is 74.9 Å². The molecule has 0 N–H and O–H groups in total. The topological polar surface area (TPSA) is 0 Å². The van der Waals surface area contributed by atoms with Crippen molar-refractivity contribution in [2.24, 2.45) is 0 Å². The maximum Gasteiger partial charge on any atom is 0.146 e. The molecule has 0 heterocycles. The van der Waals surface area contributed by atoms with Crippen molar-refractivity contribution in [3.8, 4) is 0 Å². The second-order valence-corrected chi connectivity index (χ2v) is 2.96. The Bertz CT molecular complexity index is 271. The minimum atomic E-state index is -0.401. The Balaban J connectivity index is 3.29. The molecule has 60 valence electrons. The number of rotatable bonds is 1. The van der Waals surface area contributed by atoms with Crippen LogP contribution in [0.3, 0.4) is 0 Å². The van der Waals surface area contributed by atoms with E-state index in [1.807, 2.05) is 0 Å². The lowest BCUT2D eigenvalue weighted by atomic mass is 10.1. The number of aryl methyl sites for hydroxylation is 1. The minimum absolute atomic E-state index is 0.131. The Hall–Kier alpha value is -0.270. The average molecular weight is 193 g/mol. The van der Waals surface area contributed by atoms with Gasteiger partial charge >= 0.3 is 0 Å². The van der Waals surface area contributed by atoms with Crippen LogP contribution in [0.5, 0.6) is 0 Å². The van der Waals surface area contributed by atoms with Crippen LogP contribution in [-0.4, -0.2) is 0 Å². The fourth-order valence-corrected chi connectivity index (χ4v) is 1.36. The summed E-state index contributed by atoms with van der Waals surface area (Å²) in [5.41, 5.74) is 1.32. The van der Waals surface area contributed by atoms with Crippen LogP contribution in [-0.2, 0) is 5.88 Å². The van der Waals surface area contributed by atoms with Crippen LogP contribution in [0.25, 0.3) is 0 Å². The summed E-state index contributed by atoms with van der Waals surface area (Å²) in [6.07, 6.45) is 0. The van der Waals surface area contributed by atoms with Crippen LogP contribution in [0.4, 0.5) is 4.39 Å². The molecule has 0 amide bonds. The predicted octanol–water partition coefficient (Wildman–Crippen LogP) is 3.53. The van der Waals surface area contributed by atoms with Gasteiger partial charge in [0.25, 0.3) is 0 Å². The van der Waals surface area contributed by atoms with Crippen LogP contribution in [0.15, 0.2) is 12.1 Å². The van der Waals surface area contributed by atoms with Crippen molar-refractivity contribution in [3.05, 3.63) is 34.1 Å². The zero-order chi connectivity index (χ0) is 8.43. The molecule has 0 aromatic heterocycles. The molecule has 0 aliphatic rings. The van der Waals surface area contributed by atoms with Crippen LogP contribution < -0.4 is 0 Å². The molecule has 3 heteroatoms. The predicted molar refractivity (Wildman–Crippen MR) is 45.7 cm³/mol. The first kappa shape index (κ1) is 8.82. The molecule has 0 bridgehead atoms. The quantitative estimate of drug-likeness (QED) is 0.598. The molecule has 0 aliphatic heterocycles. The summed E-state index contributed by atoms with van der Waals surface area (Å²) in [6, 6.07) is 3.28. The van der Waals surface area contributed by atoms with Gasteiger partial charge in [0.15, 0.2) is 0 Å². The minimum Gasteiger partial charge on any atom is -0.205 e. The van der Waals surface area contributed by atoms with Crippen molar-refractivity contribution in [1.29, 1.82) is 0 Å². The molecule has 0 aliphatic carbocycles. The van der Waals surface area contributed by atoms with Crippen LogP contribution >= 0.6 is 23.2 Å². The summed E-state index contributed by atoms with van der Waals surface area (Å²) >= 11 is 11.0.